The van der Waals surface area contributed by atoms with Crippen molar-refractivity contribution in [2.75, 3.05) is 37.6 Å². The van der Waals surface area contributed by atoms with Crippen molar-refractivity contribution in [3.05, 3.63) is 70.8 Å². The highest BCUT2D eigenvalue weighted by molar-refractivity contribution is 6.30. The first kappa shape index (κ1) is 20.3. The Hall–Kier alpha value is -2.99. The number of nitrogens with one attached hydrogen (secondary N) is 1. The summed E-state index contributed by atoms with van der Waals surface area (Å²) in [7, 11) is 0. The molecule has 0 radical (unpaired) electrons. The highest BCUT2D eigenvalue weighted by Gasteiger charge is 2.27. The van der Waals surface area contributed by atoms with Crippen molar-refractivity contribution in [1.82, 2.24) is 15.3 Å². The third-order valence-electron chi connectivity index (χ3n) is 5.56. The fourth-order valence-electron chi connectivity index (χ4n) is 3.84. The molecule has 0 aromatic heterocycles. The van der Waals surface area contributed by atoms with Crippen molar-refractivity contribution in [1.29, 1.82) is 0 Å². The molecular formula is C23H25ClN4O2. The zero-order valence-electron chi connectivity index (χ0n) is 17.0. The third-order valence-corrected chi connectivity index (χ3v) is 5.79. The molecule has 4 rings (SSSR count). The number of carbonyl (C=O) groups excluding carboxylic acids is 2. The number of aryl methyl sites for hydroxylation is 1. The number of carbonyl (C=O) groups is 2. The smallest absolute Gasteiger partial charge is 0.245 e. The summed E-state index contributed by atoms with van der Waals surface area (Å²) in [6, 6.07) is 15.7. The predicted octanol–water partition coefficient (Wildman–Crippen LogP) is 3.08. The molecule has 0 unspecified atom stereocenters. The molecule has 0 aliphatic carbocycles. The summed E-state index contributed by atoms with van der Waals surface area (Å²) < 4.78 is 0. The molecule has 2 amide bonds. The Morgan fingerprint density at radius 3 is 2.53 bits per heavy atom. The summed E-state index contributed by atoms with van der Waals surface area (Å²) in [4.78, 5) is 29.3. The van der Waals surface area contributed by atoms with Crippen LogP contribution in [-0.4, -0.2) is 54.4 Å². The van der Waals surface area contributed by atoms with Gasteiger partial charge in [0.1, 0.15) is 6.54 Å². The second-order valence-electron chi connectivity index (χ2n) is 7.58. The maximum atomic E-state index is 12.9. The molecule has 156 valence electrons. The molecule has 7 heteroatoms. The van der Waals surface area contributed by atoms with Gasteiger partial charge in [0.25, 0.3) is 0 Å². The average Bonchev–Trinajstić information content (AvgIpc) is 2.77. The second kappa shape index (κ2) is 8.79. The summed E-state index contributed by atoms with van der Waals surface area (Å²) >= 11 is 6.15. The Bertz CT molecular complexity index is 968. The highest BCUT2D eigenvalue weighted by Crippen LogP contribution is 2.25. The van der Waals surface area contributed by atoms with E-state index in [0.717, 1.165) is 30.0 Å². The number of halogens is 1. The first-order chi connectivity index (χ1) is 14.5. The maximum absolute atomic E-state index is 12.9. The molecule has 30 heavy (non-hydrogen) atoms. The summed E-state index contributed by atoms with van der Waals surface area (Å²) in [5.41, 5.74) is 7.23. The van der Waals surface area contributed by atoms with E-state index in [0.29, 0.717) is 18.1 Å². The van der Waals surface area contributed by atoms with Gasteiger partial charge in [0, 0.05) is 43.3 Å². The normalized spacial score (nSPS) is 16.9. The van der Waals surface area contributed by atoms with Crippen molar-refractivity contribution in [2.24, 2.45) is 0 Å². The molecule has 2 aromatic carbocycles. The monoisotopic (exact) mass is 424 g/mol. The lowest BCUT2D eigenvalue weighted by Gasteiger charge is -2.38. The Morgan fingerprint density at radius 1 is 1.07 bits per heavy atom. The first-order valence-electron chi connectivity index (χ1n) is 10.1. The molecule has 0 spiro atoms. The van der Waals surface area contributed by atoms with E-state index in [1.165, 1.54) is 10.6 Å². The van der Waals surface area contributed by atoms with Crippen LogP contribution in [0.5, 0.6) is 0 Å². The fourth-order valence-corrected chi connectivity index (χ4v) is 4.00. The van der Waals surface area contributed by atoms with E-state index < -0.39 is 0 Å². The molecule has 0 atom stereocenters. The van der Waals surface area contributed by atoms with Gasteiger partial charge in [-0.05, 0) is 36.3 Å². The Labute approximate surface area is 181 Å². The molecule has 1 N–H and O–H groups in total. The van der Waals surface area contributed by atoms with E-state index in [2.05, 4.69) is 17.2 Å². The van der Waals surface area contributed by atoms with Crippen LogP contribution in [0.4, 0.5) is 5.69 Å². The van der Waals surface area contributed by atoms with Crippen LogP contribution < -0.4 is 10.3 Å². The lowest BCUT2D eigenvalue weighted by Crippen LogP contribution is -2.54. The number of anilines is 1. The maximum Gasteiger partial charge on any atom is 0.245 e. The molecule has 1 saturated heterocycles. The zero-order valence-corrected chi connectivity index (χ0v) is 17.7. The highest BCUT2D eigenvalue weighted by atomic mass is 35.5. The number of hydrogen-bond acceptors (Lipinski definition) is 4. The molecule has 0 bridgehead atoms. The standard InChI is InChI=1S/C23H25ClN4O2/c1-17-7-8-19(24)15-21(17)26-11-13-27(14-12-26)23(30)16-28-22(29)10-9-20(25-28)18-5-3-2-4-6-18/h2-9,15,25H,10-14,16H2,1H3. The lowest BCUT2D eigenvalue weighted by atomic mass is 10.1. The number of piperazine rings is 1. The predicted molar refractivity (Wildman–Crippen MR) is 119 cm³/mol. The fraction of sp³-hybridized carbons (Fsp3) is 0.304. The summed E-state index contributed by atoms with van der Waals surface area (Å²) in [5.74, 6) is -0.149. The van der Waals surface area contributed by atoms with Crippen LogP contribution in [0.25, 0.3) is 5.70 Å². The van der Waals surface area contributed by atoms with Gasteiger partial charge in [0.05, 0.1) is 5.70 Å². The van der Waals surface area contributed by atoms with E-state index >= 15 is 0 Å². The van der Waals surface area contributed by atoms with E-state index in [1.54, 1.807) is 0 Å². The van der Waals surface area contributed by atoms with Crippen LogP contribution >= 0.6 is 11.6 Å². The van der Waals surface area contributed by atoms with Crippen molar-refractivity contribution in [2.45, 2.75) is 13.3 Å². The second-order valence-corrected chi connectivity index (χ2v) is 8.01. The molecule has 2 aliphatic heterocycles. The minimum atomic E-state index is -0.101. The van der Waals surface area contributed by atoms with Crippen LogP contribution in [-0.2, 0) is 9.59 Å². The van der Waals surface area contributed by atoms with Gasteiger partial charge < -0.3 is 9.80 Å². The molecule has 6 nitrogen and oxygen atoms in total. The quantitative estimate of drug-likeness (QED) is 0.819. The van der Waals surface area contributed by atoms with E-state index in [4.69, 9.17) is 11.6 Å². The van der Waals surface area contributed by atoms with Crippen molar-refractivity contribution < 1.29 is 9.59 Å². The van der Waals surface area contributed by atoms with Crippen molar-refractivity contribution >= 4 is 34.8 Å². The average molecular weight is 425 g/mol. The Balaban J connectivity index is 1.35. The molecule has 2 aromatic rings. The van der Waals surface area contributed by atoms with Gasteiger partial charge in [-0.15, -0.1) is 0 Å². The first-order valence-corrected chi connectivity index (χ1v) is 10.5. The summed E-state index contributed by atoms with van der Waals surface area (Å²) in [6.07, 6.45) is 2.15. The number of benzene rings is 2. The van der Waals surface area contributed by atoms with Gasteiger partial charge in [0.2, 0.25) is 11.8 Å². The number of hydrogen-bond donors (Lipinski definition) is 1. The van der Waals surface area contributed by atoms with E-state index in [9.17, 15) is 9.59 Å². The SMILES string of the molecule is Cc1ccc(Cl)cc1N1CCN(C(=O)CN2NC(c3ccccc3)=CCC2=O)CC1. The van der Waals surface area contributed by atoms with Crippen molar-refractivity contribution in [3.63, 3.8) is 0 Å². The van der Waals surface area contributed by atoms with Gasteiger partial charge in [-0.1, -0.05) is 48.0 Å². The van der Waals surface area contributed by atoms with E-state index in [1.807, 2.05) is 59.5 Å². The van der Waals surface area contributed by atoms with Gasteiger partial charge in [0.15, 0.2) is 0 Å². The summed E-state index contributed by atoms with van der Waals surface area (Å²) in [6.45, 7) is 4.81. The van der Waals surface area contributed by atoms with Crippen LogP contribution in [0, 0.1) is 6.92 Å². The van der Waals surface area contributed by atoms with Crippen LogP contribution in [0.3, 0.4) is 0 Å². The number of rotatable bonds is 4. The lowest BCUT2D eigenvalue weighted by molar-refractivity contribution is -0.142. The van der Waals surface area contributed by atoms with Crippen LogP contribution in [0.15, 0.2) is 54.6 Å². The number of nitrogens with zero attached hydrogens (tertiary/aromatic N) is 3. The molecule has 1 fully saturated rings. The molecule has 0 saturated carbocycles. The topological polar surface area (TPSA) is 55.9 Å². The van der Waals surface area contributed by atoms with Gasteiger partial charge in [-0.2, -0.15) is 0 Å². The molecular weight excluding hydrogens is 400 g/mol. The minimum Gasteiger partial charge on any atom is -0.368 e. The largest absolute Gasteiger partial charge is 0.368 e. The number of amides is 2. The minimum absolute atomic E-state index is 0.0270. The van der Waals surface area contributed by atoms with E-state index in [-0.39, 0.29) is 24.8 Å². The van der Waals surface area contributed by atoms with Crippen LogP contribution in [0.2, 0.25) is 5.02 Å². The van der Waals surface area contributed by atoms with Gasteiger partial charge >= 0.3 is 0 Å². The Kier molecular flexibility index (Phi) is 5.95. The summed E-state index contributed by atoms with van der Waals surface area (Å²) in [5, 5.41) is 2.14. The molecule has 2 heterocycles. The van der Waals surface area contributed by atoms with Gasteiger partial charge in [-0.25, -0.2) is 5.01 Å². The number of hydrazine groups is 1. The zero-order chi connectivity index (χ0) is 21.1. The van der Waals surface area contributed by atoms with Crippen molar-refractivity contribution in [3.8, 4) is 0 Å². The third kappa shape index (κ3) is 4.44. The van der Waals surface area contributed by atoms with Gasteiger partial charge in [-0.3, -0.25) is 15.0 Å². The Morgan fingerprint density at radius 2 is 1.80 bits per heavy atom. The molecule has 2 aliphatic rings. The van der Waals surface area contributed by atoms with Crippen LogP contribution in [0.1, 0.15) is 17.5 Å².